The summed E-state index contributed by atoms with van der Waals surface area (Å²) in [5, 5.41) is 0. The lowest BCUT2D eigenvalue weighted by Gasteiger charge is -2.15. The number of unbranched alkanes of at least 4 members (excludes halogenated alkanes) is 19. The van der Waals surface area contributed by atoms with E-state index in [0.29, 0.717) is 0 Å². The van der Waals surface area contributed by atoms with Crippen LogP contribution in [0.4, 0.5) is 0 Å². The van der Waals surface area contributed by atoms with E-state index in [1.54, 1.807) is 0 Å². The molecule has 0 aromatic carbocycles. The summed E-state index contributed by atoms with van der Waals surface area (Å²) < 4.78 is 0. The van der Waals surface area contributed by atoms with Gasteiger partial charge in [-0.25, -0.2) is 0 Å². The van der Waals surface area contributed by atoms with Crippen molar-refractivity contribution in [2.75, 3.05) is 0 Å². The molecule has 0 heterocycles. The largest absolute Gasteiger partial charge is 0.0654 e. The Morgan fingerprint density at radius 2 is 0.528 bits per heavy atom. The fourth-order valence-electron chi connectivity index (χ4n) is 5.87. The van der Waals surface area contributed by atoms with Crippen molar-refractivity contribution in [2.24, 2.45) is 17.8 Å². The number of hydrogen-bond acceptors (Lipinski definition) is 0. The van der Waals surface area contributed by atoms with Crippen LogP contribution in [0.5, 0.6) is 0 Å². The second-order valence-corrected chi connectivity index (χ2v) is 13.1. The van der Waals surface area contributed by atoms with E-state index in [1.165, 1.54) is 180 Å². The van der Waals surface area contributed by atoms with Crippen molar-refractivity contribution in [1.82, 2.24) is 0 Å². The maximum atomic E-state index is 2.50. The van der Waals surface area contributed by atoms with Crippen LogP contribution >= 0.6 is 0 Å². The zero-order valence-electron chi connectivity index (χ0n) is 26.5. The van der Waals surface area contributed by atoms with E-state index in [1.807, 2.05) is 0 Å². The molecule has 218 valence electrons. The van der Waals surface area contributed by atoms with Crippen LogP contribution in [0.25, 0.3) is 0 Å². The van der Waals surface area contributed by atoms with E-state index in [2.05, 4.69) is 34.6 Å². The van der Waals surface area contributed by atoms with Crippen molar-refractivity contribution in [3.8, 4) is 0 Å². The van der Waals surface area contributed by atoms with Gasteiger partial charge in [0, 0.05) is 0 Å². The smallest absolute Gasteiger partial charge is 0.0443 e. The molecule has 0 aromatic rings. The molecule has 0 heteroatoms. The quantitative estimate of drug-likeness (QED) is 0.0849. The normalized spacial score (nSPS) is 14.2. The molecule has 0 aliphatic heterocycles. The van der Waals surface area contributed by atoms with Crippen LogP contribution in [0, 0.1) is 17.8 Å². The highest BCUT2D eigenvalue weighted by Crippen LogP contribution is 2.22. The molecule has 0 radical (unpaired) electrons. The van der Waals surface area contributed by atoms with Crippen LogP contribution < -0.4 is 0 Å². The van der Waals surface area contributed by atoms with E-state index >= 15 is 0 Å². The highest BCUT2D eigenvalue weighted by Gasteiger charge is 2.07. The lowest BCUT2D eigenvalue weighted by molar-refractivity contribution is 0.380. The second-order valence-electron chi connectivity index (χ2n) is 13.1. The summed E-state index contributed by atoms with van der Waals surface area (Å²) in [6.45, 7) is 12.0. The van der Waals surface area contributed by atoms with Crippen molar-refractivity contribution in [3.63, 3.8) is 0 Å². The summed E-state index contributed by atoms with van der Waals surface area (Å²) in [5.41, 5.74) is 0. The zero-order valence-corrected chi connectivity index (χ0v) is 26.5. The van der Waals surface area contributed by atoms with Crippen LogP contribution in [0.1, 0.15) is 214 Å². The maximum Gasteiger partial charge on any atom is -0.0443 e. The molecule has 0 rings (SSSR count). The molecule has 0 nitrogen and oxygen atoms in total. The van der Waals surface area contributed by atoms with Crippen LogP contribution in [0.2, 0.25) is 0 Å². The van der Waals surface area contributed by atoms with Crippen molar-refractivity contribution in [1.29, 1.82) is 0 Å². The summed E-state index contributed by atoms with van der Waals surface area (Å²) in [6.07, 6.45) is 41.1. The van der Waals surface area contributed by atoms with Crippen molar-refractivity contribution in [2.45, 2.75) is 214 Å². The van der Waals surface area contributed by atoms with Gasteiger partial charge in [0.1, 0.15) is 0 Å². The van der Waals surface area contributed by atoms with Gasteiger partial charge in [-0.1, -0.05) is 214 Å². The first-order valence-corrected chi connectivity index (χ1v) is 17.6. The molecular formula is C36H74. The van der Waals surface area contributed by atoms with Crippen molar-refractivity contribution < 1.29 is 0 Å². The standard InChI is InChI=1S/C36H74/c1-6-8-9-10-11-12-13-14-15-16-17-18-19-20-21-22-23-24-25-26-29-35(4)32-28-33-36(5)31-27-30-34(3)7-2/h34-36H,6-33H2,1-5H3/t34-,35+,36-/m1/s1. The van der Waals surface area contributed by atoms with E-state index in [-0.39, 0.29) is 0 Å². The van der Waals surface area contributed by atoms with Gasteiger partial charge < -0.3 is 0 Å². The predicted octanol–water partition coefficient (Wildman–Crippen LogP) is 13.9. The number of rotatable bonds is 30. The van der Waals surface area contributed by atoms with Gasteiger partial charge in [0.05, 0.1) is 0 Å². The van der Waals surface area contributed by atoms with E-state index in [4.69, 9.17) is 0 Å². The fraction of sp³-hybridized carbons (Fsp3) is 1.00. The molecule has 0 spiro atoms. The first-order chi connectivity index (χ1) is 17.6. The molecule has 0 N–H and O–H groups in total. The van der Waals surface area contributed by atoms with Crippen molar-refractivity contribution in [3.05, 3.63) is 0 Å². The SMILES string of the molecule is CCCCCCCCCCCCCCCCCCCCCC[C@H](C)CCC[C@H](C)CCC[C@H](C)CC. The highest BCUT2D eigenvalue weighted by molar-refractivity contribution is 4.60. The average molecular weight is 507 g/mol. The third kappa shape index (κ3) is 28.6. The van der Waals surface area contributed by atoms with Gasteiger partial charge in [0.25, 0.3) is 0 Å². The van der Waals surface area contributed by atoms with Gasteiger partial charge in [0.15, 0.2) is 0 Å². The molecule has 0 unspecified atom stereocenters. The zero-order chi connectivity index (χ0) is 26.5. The van der Waals surface area contributed by atoms with Crippen LogP contribution in [0.3, 0.4) is 0 Å². The minimum Gasteiger partial charge on any atom is -0.0654 e. The Morgan fingerprint density at radius 3 is 0.833 bits per heavy atom. The third-order valence-corrected chi connectivity index (χ3v) is 9.04. The van der Waals surface area contributed by atoms with Crippen LogP contribution in [0.15, 0.2) is 0 Å². The second kappa shape index (κ2) is 29.6. The Bertz CT molecular complexity index is 385. The summed E-state index contributed by atoms with van der Waals surface area (Å²) >= 11 is 0. The average Bonchev–Trinajstić information content (AvgIpc) is 2.87. The third-order valence-electron chi connectivity index (χ3n) is 9.04. The molecule has 0 saturated carbocycles. The molecular weight excluding hydrogens is 432 g/mol. The molecule has 36 heavy (non-hydrogen) atoms. The monoisotopic (exact) mass is 507 g/mol. The Hall–Kier alpha value is 0. The van der Waals surface area contributed by atoms with Crippen LogP contribution in [-0.4, -0.2) is 0 Å². The molecule has 0 aliphatic rings. The molecule has 0 fully saturated rings. The van der Waals surface area contributed by atoms with E-state index < -0.39 is 0 Å². The minimum absolute atomic E-state index is 0.932. The summed E-state index contributed by atoms with van der Waals surface area (Å²) in [5.74, 6) is 2.83. The Kier molecular flexibility index (Phi) is 29.6. The predicted molar refractivity (Wildman–Crippen MR) is 168 cm³/mol. The Balaban J connectivity index is 3.22. The topological polar surface area (TPSA) is 0 Å². The highest BCUT2D eigenvalue weighted by atomic mass is 14.1. The summed E-state index contributed by atoms with van der Waals surface area (Å²) in [7, 11) is 0. The molecule has 0 amide bonds. The van der Waals surface area contributed by atoms with E-state index in [0.717, 1.165) is 17.8 Å². The maximum absolute atomic E-state index is 2.50. The van der Waals surface area contributed by atoms with Gasteiger partial charge in [0.2, 0.25) is 0 Å². The lowest BCUT2D eigenvalue weighted by Crippen LogP contribution is -2.00. The fourth-order valence-corrected chi connectivity index (χ4v) is 5.87. The Labute approximate surface area is 232 Å². The minimum atomic E-state index is 0.932. The molecule has 0 saturated heterocycles. The van der Waals surface area contributed by atoms with Gasteiger partial charge >= 0.3 is 0 Å². The van der Waals surface area contributed by atoms with Crippen molar-refractivity contribution >= 4 is 0 Å². The van der Waals surface area contributed by atoms with Crippen LogP contribution in [-0.2, 0) is 0 Å². The van der Waals surface area contributed by atoms with E-state index in [9.17, 15) is 0 Å². The molecule has 3 atom stereocenters. The Morgan fingerprint density at radius 1 is 0.278 bits per heavy atom. The molecule has 0 bridgehead atoms. The first kappa shape index (κ1) is 36.0. The number of hydrogen-bond donors (Lipinski definition) is 0. The van der Waals surface area contributed by atoms with Gasteiger partial charge in [-0.15, -0.1) is 0 Å². The molecule has 0 aliphatic carbocycles. The summed E-state index contributed by atoms with van der Waals surface area (Å²) in [4.78, 5) is 0. The van der Waals surface area contributed by atoms with Gasteiger partial charge in [-0.2, -0.15) is 0 Å². The molecule has 0 aromatic heterocycles. The first-order valence-electron chi connectivity index (χ1n) is 17.6. The summed E-state index contributed by atoms with van der Waals surface area (Å²) in [6, 6.07) is 0. The van der Waals surface area contributed by atoms with Gasteiger partial charge in [-0.3, -0.25) is 0 Å². The van der Waals surface area contributed by atoms with Gasteiger partial charge in [-0.05, 0) is 17.8 Å². The lowest BCUT2D eigenvalue weighted by atomic mass is 9.91.